The molecule has 0 saturated heterocycles. The number of carboxylic acids is 1. The van der Waals surface area contributed by atoms with E-state index in [-0.39, 0.29) is 18.6 Å². The van der Waals surface area contributed by atoms with E-state index in [1.807, 2.05) is 54.6 Å². The minimum absolute atomic E-state index is 0.0138. The Balaban J connectivity index is 1.36. The average Bonchev–Trinajstić information content (AvgIpc) is 2.88. The Labute approximate surface area is 205 Å². The first-order valence-electron chi connectivity index (χ1n) is 11.6. The summed E-state index contributed by atoms with van der Waals surface area (Å²) in [5.41, 5.74) is 2.09. The van der Waals surface area contributed by atoms with Gasteiger partial charge in [0.2, 0.25) is 0 Å². The molecule has 2 aliphatic rings. The van der Waals surface area contributed by atoms with Gasteiger partial charge in [-0.2, -0.15) is 0 Å². The monoisotopic (exact) mass is 475 g/mol. The average molecular weight is 476 g/mol. The Kier molecular flexibility index (Phi) is 8.25. The standard InChI is InChI=1S/C28H29NO6/c1-29(18-27(30)31)17-16-25(21-8-4-2-5-9-21)33-23-12-14-24(15-13-23)34-28-20-32-19-26(35-28)22-10-6-3-7-11-22/h2-6,8-10,12-15,19-20,25H,7,11,16-18H2,1H3,(H,30,31). The van der Waals surface area contributed by atoms with Crippen molar-refractivity contribution in [3.8, 4) is 11.5 Å². The van der Waals surface area contributed by atoms with Crippen molar-refractivity contribution in [2.24, 2.45) is 0 Å². The molecule has 1 aliphatic heterocycles. The van der Waals surface area contributed by atoms with Crippen LogP contribution < -0.4 is 9.47 Å². The van der Waals surface area contributed by atoms with Crippen LogP contribution in [0, 0.1) is 0 Å². The Hall–Kier alpha value is -3.97. The SMILES string of the molecule is CN(CCC(Oc1ccc(OC2=COC=C(C3=CC=CCC3)O2)cc1)c1ccccc1)CC(=O)O. The number of hydrogen-bond acceptors (Lipinski definition) is 6. The number of likely N-dealkylation sites (N-methyl/N-ethyl adjacent to an activating group) is 1. The van der Waals surface area contributed by atoms with E-state index in [1.165, 1.54) is 6.26 Å². The lowest BCUT2D eigenvalue weighted by Crippen LogP contribution is -2.28. The van der Waals surface area contributed by atoms with E-state index in [0.29, 0.717) is 30.2 Å². The van der Waals surface area contributed by atoms with Gasteiger partial charge in [0.15, 0.2) is 12.0 Å². The number of carboxylic acid groups (broad SMARTS) is 1. The number of ether oxygens (including phenoxy) is 4. The van der Waals surface area contributed by atoms with Crippen LogP contribution in [0.2, 0.25) is 0 Å². The van der Waals surface area contributed by atoms with Gasteiger partial charge in [0.25, 0.3) is 0 Å². The molecule has 0 amide bonds. The van der Waals surface area contributed by atoms with Crippen molar-refractivity contribution in [2.75, 3.05) is 20.1 Å². The summed E-state index contributed by atoms with van der Waals surface area (Å²) in [4.78, 5) is 12.7. The van der Waals surface area contributed by atoms with E-state index in [9.17, 15) is 4.79 Å². The molecular weight excluding hydrogens is 446 g/mol. The molecule has 2 aromatic carbocycles. The topological polar surface area (TPSA) is 77.5 Å². The smallest absolute Gasteiger partial charge is 0.327 e. The maximum Gasteiger partial charge on any atom is 0.327 e. The van der Waals surface area contributed by atoms with E-state index in [4.69, 9.17) is 24.1 Å². The highest BCUT2D eigenvalue weighted by atomic mass is 16.7. The van der Waals surface area contributed by atoms with Crippen LogP contribution in [0.1, 0.15) is 30.9 Å². The lowest BCUT2D eigenvalue weighted by molar-refractivity contribution is -0.138. The second kappa shape index (κ2) is 11.9. The number of hydrogen-bond donors (Lipinski definition) is 1. The molecule has 7 nitrogen and oxygen atoms in total. The number of benzene rings is 2. The van der Waals surface area contributed by atoms with Gasteiger partial charge in [0.1, 0.15) is 23.9 Å². The van der Waals surface area contributed by atoms with Gasteiger partial charge >= 0.3 is 11.9 Å². The zero-order valence-electron chi connectivity index (χ0n) is 19.6. The molecule has 1 unspecified atom stereocenters. The number of carbonyl (C=O) groups is 1. The Morgan fingerprint density at radius 3 is 2.57 bits per heavy atom. The normalized spacial score (nSPS) is 15.8. The van der Waals surface area contributed by atoms with Crippen molar-refractivity contribution in [3.05, 3.63) is 108 Å². The Bertz CT molecular complexity index is 1120. The molecule has 1 heterocycles. The lowest BCUT2D eigenvalue weighted by atomic mass is 10.0. The van der Waals surface area contributed by atoms with Crippen molar-refractivity contribution in [1.82, 2.24) is 4.90 Å². The molecule has 0 saturated carbocycles. The van der Waals surface area contributed by atoms with Crippen LogP contribution in [0.4, 0.5) is 0 Å². The highest BCUT2D eigenvalue weighted by Gasteiger charge is 2.18. The zero-order chi connectivity index (χ0) is 24.5. The summed E-state index contributed by atoms with van der Waals surface area (Å²) in [7, 11) is 1.79. The summed E-state index contributed by atoms with van der Waals surface area (Å²) in [5.74, 6) is 1.32. The third kappa shape index (κ3) is 7.25. The highest BCUT2D eigenvalue weighted by Crippen LogP contribution is 2.30. The summed E-state index contributed by atoms with van der Waals surface area (Å²) < 4.78 is 23.4. The van der Waals surface area contributed by atoms with Crippen molar-refractivity contribution in [1.29, 1.82) is 0 Å². The van der Waals surface area contributed by atoms with Crippen LogP contribution in [-0.2, 0) is 14.3 Å². The molecule has 4 rings (SSSR count). The van der Waals surface area contributed by atoms with Gasteiger partial charge in [0, 0.05) is 13.0 Å². The molecule has 0 bridgehead atoms. The first-order chi connectivity index (χ1) is 17.1. The number of nitrogens with zero attached hydrogens (tertiary/aromatic N) is 1. The summed E-state index contributed by atoms with van der Waals surface area (Å²) in [6.45, 7) is 0.570. The molecule has 182 valence electrons. The summed E-state index contributed by atoms with van der Waals surface area (Å²) in [6, 6.07) is 17.2. The highest BCUT2D eigenvalue weighted by molar-refractivity contribution is 5.69. The van der Waals surface area contributed by atoms with Gasteiger partial charge in [-0.3, -0.25) is 9.69 Å². The van der Waals surface area contributed by atoms with Gasteiger partial charge in [0.05, 0.1) is 6.54 Å². The van der Waals surface area contributed by atoms with Crippen LogP contribution >= 0.6 is 0 Å². The van der Waals surface area contributed by atoms with Crippen molar-refractivity contribution in [2.45, 2.75) is 25.4 Å². The minimum Gasteiger partial charge on any atom is -0.486 e. The molecule has 0 aromatic heterocycles. The summed E-state index contributed by atoms with van der Waals surface area (Å²) in [6.07, 6.45) is 11.4. The third-order valence-electron chi connectivity index (χ3n) is 5.55. The molecule has 35 heavy (non-hydrogen) atoms. The largest absolute Gasteiger partial charge is 0.486 e. The van der Waals surface area contributed by atoms with E-state index in [2.05, 4.69) is 6.08 Å². The van der Waals surface area contributed by atoms with Gasteiger partial charge in [-0.25, -0.2) is 0 Å². The molecule has 0 fully saturated rings. The first kappa shape index (κ1) is 24.2. The van der Waals surface area contributed by atoms with Crippen LogP contribution in [0.25, 0.3) is 0 Å². The van der Waals surface area contributed by atoms with Gasteiger partial charge < -0.3 is 24.1 Å². The summed E-state index contributed by atoms with van der Waals surface area (Å²) >= 11 is 0. The van der Waals surface area contributed by atoms with Gasteiger partial charge in [-0.1, -0.05) is 48.6 Å². The van der Waals surface area contributed by atoms with Crippen LogP contribution in [0.5, 0.6) is 11.5 Å². The fourth-order valence-corrected chi connectivity index (χ4v) is 3.78. The molecule has 0 spiro atoms. The quantitative estimate of drug-likeness (QED) is 0.456. The van der Waals surface area contributed by atoms with Crippen LogP contribution in [0.15, 0.2) is 103 Å². The molecule has 0 radical (unpaired) electrons. The predicted octanol–water partition coefficient (Wildman–Crippen LogP) is 5.56. The lowest BCUT2D eigenvalue weighted by Gasteiger charge is -2.23. The van der Waals surface area contributed by atoms with Crippen LogP contribution in [-0.4, -0.2) is 36.1 Å². The second-order valence-electron chi connectivity index (χ2n) is 8.33. The molecule has 1 N–H and O–H groups in total. The van der Waals surface area contributed by atoms with Crippen molar-refractivity contribution < 1.29 is 28.8 Å². The molecule has 2 aromatic rings. The predicted molar refractivity (Wildman–Crippen MR) is 131 cm³/mol. The number of aliphatic carboxylic acids is 1. The Morgan fingerprint density at radius 2 is 1.86 bits per heavy atom. The van der Waals surface area contributed by atoms with Gasteiger partial charge in [-0.05, 0) is 55.3 Å². The summed E-state index contributed by atoms with van der Waals surface area (Å²) in [5, 5.41) is 9.01. The fourth-order valence-electron chi connectivity index (χ4n) is 3.78. The van der Waals surface area contributed by atoms with E-state index in [1.54, 1.807) is 30.3 Å². The Morgan fingerprint density at radius 1 is 1.09 bits per heavy atom. The number of rotatable bonds is 11. The van der Waals surface area contributed by atoms with E-state index < -0.39 is 5.97 Å². The second-order valence-corrected chi connectivity index (χ2v) is 8.33. The molecule has 1 atom stereocenters. The maximum absolute atomic E-state index is 11.0. The molecule has 7 heteroatoms. The van der Waals surface area contributed by atoms with E-state index in [0.717, 1.165) is 24.0 Å². The van der Waals surface area contributed by atoms with E-state index >= 15 is 0 Å². The molecule has 1 aliphatic carbocycles. The fraction of sp³-hybridized carbons (Fsp3) is 0.250. The van der Waals surface area contributed by atoms with Crippen molar-refractivity contribution >= 4 is 5.97 Å². The minimum atomic E-state index is -0.849. The maximum atomic E-state index is 11.0. The van der Waals surface area contributed by atoms with Gasteiger partial charge in [-0.15, -0.1) is 0 Å². The van der Waals surface area contributed by atoms with Crippen LogP contribution in [0.3, 0.4) is 0 Å². The first-order valence-corrected chi connectivity index (χ1v) is 11.6. The molecular formula is C28H29NO6. The van der Waals surface area contributed by atoms with Crippen molar-refractivity contribution in [3.63, 3.8) is 0 Å². The zero-order valence-corrected chi connectivity index (χ0v) is 19.6. The third-order valence-corrected chi connectivity index (χ3v) is 5.55. The number of allylic oxidation sites excluding steroid dienone is 4.